The SMILES string of the molecule is C=CCCc1cccc(/C=C\[C@@H]2[C@@H](CCSc3nc(C(=O)O)cs3)[C@H](Cl)C[C@H]2O)c1. The van der Waals surface area contributed by atoms with Gasteiger partial charge in [0, 0.05) is 22.4 Å². The van der Waals surface area contributed by atoms with E-state index in [0.717, 1.165) is 34.9 Å². The Balaban J connectivity index is 1.60. The van der Waals surface area contributed by atoms with E-state index in [1.165, 1.54) is 16.9 Å². The quantitative estimate of drug-likeness (QED) is 0.266. The zero-order valence-electron chi connectivity index (χ0n) is 16.6. The highest BCUT2D eigenvalue weighted by Crippen LogP contribution is 2.40. The number of carboxylic acid groups (broad SMARTS) is 1. The van der Waals surface area contributed by atoms with Crippen LogP contribution in [-0.4, -0.2) is 38.4 Å². The van der Waals surface area contributed by atoms with Crippen LogP contribution in [0.4, 0.5) is 0 Å². The maximum atomic E-state index is 11.0. The number of carbonyl (C=O) groups is 1. The van der Waals surface area contributed by atoms with Gasteiger partial charge in [0.05, 0.1) is 6.10 Å². The molecule has 1 aliphatic rings. The number of hydrogen-bond acceptors (Lipinski definition) is 5. The van der Waals surface area contributed by atoms with E-state index in [9.17, 15) is 9.90 Å². The summed E-state index contributed by atoms with van der Waals surface area (Å²) in [5.74, 6) is -0.0325. The lowest BCUT2D eigenvalue weighted by molar-refractivity contribution is 0.0691. The Morgan fingerprint density at radius 2 is 2.27 bits per heavy atom. The molecule has 7 heteroatoms. The standard InChI is InChI=1S/C23H26ClNO3S2/c1-2-3-5-15-6-4-7-16(12-15)8-9-18-17(19(24)13-21(18)26)10-11-29-23-25-20(14-30-23)22(27)28/h2,4,6-9,12,14,17-19,21,26H,1,3,5,10-11,13H2,(H,27,28)/b9-8-/t17-,18-,19-,21-/m1/s1. The predicted molar refractivity (Wildman–Crippen MR) is 126 cm³/mol. The van der Waals surface area contributed by atoms with Gasteiger partial charge in [-0.1, -0.05) is 54.3 Å². The summed E-state index contributed by atoms with van der Waals surface area (Å²) in [6.45, 7) is 3.78. The predicted octanol–water partition coefficient (Wildman–Crippen LogP) is 5.76. The van der Waals surface area contributed by atoms with Crippen molar-refractivity contribution in [2.75, 3.05) is 5.75 Å². The highest BCUT2D eigenvalue weighted by atomic mass is 35.5. The van der Waals surface area contributed by atoms with Crippen LogP contribution in [-0.2, 0) is 6.42 Å². The first-order chi connectivity index (χ1) is 14.5. The second-order valence-corrected chi connectivity index (χ2v) is 10.2. The Bertz CT molecular complexity index is 898. The number of allylic oxidation sites excluding steroid dienone is 1. The molecule has 160 valence electrons. The number of thiazole rings is 1. The fourth-order valence-corrected chi connectivity index (χ4v) is 6.17. The highest BCUT2D eigenvalue weighted by Gasteiger charge is 2.39. The van der Waals surface area contributed by atoms with E-state index in [4.69, 9.17) is 16.7 Å². The van der Waals surface area contributed by atoms with Crippen LogP contribution in [0.3, 0.4) is 0 Å². The van der Waals surface area contributed by atoms with E-state index < -0.39 is 12.1 Å². The highest BCUT2D eigenvalue weighted by molar-refractivity contribution is 8.01. The molecule has 2 aromatic rings. The van der Waals surface area contributed by atoms with Crippen molar-refractivity contribution in [1.29, 1.82) is 0 Å². The summed E-state index contributed by atoms with van der Waals surface area (Å²) in [5, 5.41) is 21.0. The van der Waals surface area contributed by atoms with Gasteiger partial charge >= 0.3 is 5.97 Å². The Hall–Kier alpha value is -1.60. The molecule has 0 amide bonds. The normalized spacial score (nSPS) is 23.8. The number of hydrogen-bond donors (Lipinski definition) is 2. The monoisotopic (exact) mass is 463 g/mol. The lowest BCUT2D eigenvalue weighted by atomic mass is 9.91. The van der Waals surface area contributed by atoms with Gasteiger partial charge in [0.15, 0.2) is 10.0 Å². The third-order valence-corrected chi connectivity index (χ3v) is 7.90. The van der Waals surface area contributed by atoms with Crippen molar-refractivity contribution in [1.82, 2.24) is 4.98 Å². The molecule has 1 saturated carbocycles. The Morgan fingerprint density at radius 3 is 3.00 bits per heavy atom. The fraction of sp³-hybridized carbons (Fsp3) is 0.391. The van der Waals surface area contributed by atoms with Gasteiger partial charge in [0.2, 0.25) is 0 Å². The van der Waals surface area contributed by atoms with E-state index in [0.29, 0.717) is 6.42 Å². The molecule has 1 heterocycles. The number of benzene rings is 1. The van der Waals surface area contributed by atoms with Gasteiger partial charge in [-0.25, -0.2) is 9.78 Å². The Morgan fingerprint density at radius 1 is 1.43 bits per heavy atom. The van der Waals surface area contributed by atoms with Gasteiger partial charge in [-0.05, 0) is 42.7 Å². The van der Waals surface area contributed by atoms with Crippen LogP contribution in [0.1, 0.15) is 40.9 Å². The van der Waals surface area contributed by atoms with Crippen molar-refractivity contribution in [3.05, 3.63) is 65.2 Å². The zero-order valence-corrected chi connectivity index (χ0v) is 19.0. The van der Waals surface area contributed by atoms with Crippen LogP contribution in [0.2, 0.25) is 0 Å². The van der Waals surface area contributed by atoms with Gasteiger partial charge < -0.3 is 10.2 Å². The minimum atomic E-state index is -1.00. The van der Waals surface area contributed by atoms with Crippen LogP contribution in [0.5, 0.6) is 0 Å². The molecule has 0 saturated heterocycles. The van der Waals surface area contributed by atoms with Crippen molar-refractivity contribution in [2.45, 2.75) is 41.5 Å². The summed E-state index contributed by atoms with van der Waals surface area (Å²) in [4.78, 5) is 15.1. The number of carboxylic acids is 1. The molecule has 30 heavy (non-hydrogen) atoms. The van der Waals surface area contributed by atoms with Crippen LogP contribution in [0, 0.1) is 11.8 Å². The number of aliphatic hydroxyl groups excluding tert-OH is 1. The lowest BCUT2D eigenvalue weighted by Crippen LogP contribution is -2.19. The molecule has 0 unspecified atom stereocenters. The molecule has 0 spiro atoms. The van der Waals surface area contributed by atoms with E-state index in [1.54, 1.807) is 17.1 Å². The van der Waals surface area contributed by atoms with Crippen molar-refractivity contribution in [2.24, 2.45) is 11.8 Å². The molecule has 2 N–H and O–H groups in total. The maximum Gasteiger partial charge on any atom is 0.355 e. The van der Waals surface area contributed by atoms with E-state index >= 15 is 0 Å². The Kier molecular flexibility index (Phi) is 8.57. The van der Waals surface area contributed by atoms with Gasteiger partial charge in [-0.15, -0.1) is 29.5 Å². The number of aryl methyl sites for hydroxylation is 1. The summed E-state index contributed by atoms with van der Waals surface area (Å²) >= 11 is 9.45. The number of halogens is 1. The first-order valence-electron chi connectivity index (χ1n) is 9.99. The van der Waals surface area contributed by atoms with Crippen LogP contribution >= 0.6 is 34.7 Å². The number of thioether (sulfide) groups is 1. The van der Waals surface area contributed by atoms with E-state index in [-0.39, 0.29) is 22.9 Å². The first kappa shape index (κ1) is 23.1. The molecule has 3 rings (SSSR count). The first-order valence-corrected chi connectivity index (χ1v) is 12.3. The minimum absolute atomic E-state index is 0.0100. The molecule has 1 aliphatic carbocycles. The summed E-state index contributed by atoms with van der Waals surface area (Å²) < 4.78 is 0.750. The molecular weight excluding hydrogens is 438 g/mol. The molecule has 1 fully saturated rings. The van der Waals surface area contributed by atoms with Crippen LogP contribution < -0.4 is 0 Å². The van der Waals surface area contributed by atoms with Gasteiger partial charge in [0.1, 0.15) is 0 Å². The van der Waals surface area contributed by atoms with Gasteiger partial charge in [0.25, 0.3) is 0 Å². The number of aliphatic hydroxyl groups is 1. The summed E-state index contributed by atoms with van der Waals surface area (Å²) in [6.07, 6.45) is 9.02. The average Bonchev–Trinajstić information content (AvgIpc) is 3.30. The van der Waals surface area contributed by atoms with Gasteiger partial charge in [-0.3, -0.25) is 0 Å². The average molecular weight is 464 g/mol. The van der Waals surface area contributed by atoms with Crippen LogP contribution in [0.25, 0.3) is 6.08 Å². The molecular formula is C23H26ClNO3S2. The zero-order chi connectivity index (χ0) is 21.5. The minimum Gasteiger partial charge on any atom is -0.476 e. The Labute approximate surface area is 190 Å². The van der Waals surface area contributed by atoms with Gasteiger partial charge in [-0.2, -0.15) is 0 Å². The molecule has 0 bridgehead atoms. The smallest absolute Gasteiger partial charge is 0.355 e. The molecule has 1 aromatic carbocycles. The van der Waals surface area contributed by atoms with Crippen molar-refractivity contribution in [3.63, 3.8) is 0 Å². The second-order valence-electron chi connectivity index (χ2n) is 7.43. The number of aromatic carboxylic acids is 1. The maximum absolute atomic E-state index is 11.0. The number of rotatable bonds is 10. The number of alkyl halides is 1. The summed E-state index contributed by atoms with van der Waals surface area (Å²) in [6, 6.07) is 8.42. The molecule has 0 aliphatic heterocycles. The van der Waals surface area contributed by atoms with Crippen molar-refractivity contribution >= 4 is 46.7 Å². The summed E-state index contributed by atoms with van der Waals surface area (Å²) in [5.41, 5.74) is 2.49. The van der Waals surface area contributed by atoms with Crippen LogP contribution in [0.15, 0.2) is 52.7 Å². The fourth-order valence-electron chi connectivity index (χ4n) is 3.78. The van der Waals surface area contributed by atoms with Crippen molar-refractivity contribution < 1.29 is 15.0 Å². The molecule has 1 aromatic heterocycles. The largest absolute Gasteiger partial charge is 0.476 e. The third kappa shape index (κ3) is 6.20. The molecule has 0 radical (unpaired) electrons. The molecule has 4 atom stereocenters. The topological polar surface area (TPSA) is 70.4 Å². The summed E-state index contributed by atoms with van der Waals surface area (Å²) in [7, 11) is 0. The second kappa shape index (κ2) is 11.1. The molecule has 4 nitrogen and oxygen atoms in total. The third-order valence-electron chi connectivity index (χ3n) is 5.35. The van der Waals surface area contributed by atoms with E-state index in [1.807, 2.05) is 6.08 Å². The lowest BCUT2D eigenvalue weighted by Gasteiger charge is -2.20. The number of nitrogens with zero attached hydrogens (tertiary/aromatic N) is 1. The van der Waals surface area contributed by atoms with Crippen molar-refractivity contribution in [3.8, 4) is 0 Å². The number of aromatic nitrogens is 1. The van der Waals surface area contributed by atoms with E-state index in [2.05, 4.69) is 48.0 Å².